The number of hydrogen-bond acceptors (Lipinski definition) is 3. The molecule has 14 heavy (non-hydrogen) atoms. The Hall–Kier alpha value is -0.580. The summed E-state index contributed by atoms with van der Waals surface area (Å²) in [7, 11) is 1.63. The maximum atomic E-state index is 11.0. The first-order valence-corrected chi connectivity index (χ1v) is 6.60. The Kier molecular flexibility index (Phi) is 2.29. The normalized spacial score (nSPS) is 20.9. The minimum Gasteiger partial charge on any atom is -0.327 e. The second-order valence-corrected chi connectivity index (χ2v) is 6.10. The summed E-state index contributed by atoms with van der Waals surface area (Å²) < 4.78 is 22.1. The molecule has 5 heteroatoms. The summed E-state index contributed by atoms with van der Waals surface area (Å²) in [4.78, 5) is 0.159. The summed E-state index contributed by atoms with van der Waals surface area (Å²) in [5.41, 5.74) is 7.89. The van der Waals surface area contributed by atoms with Crippen LogP contribution in [-0.2, 0) is 21.9 Å². The molecule has 0 saturated heterocycles. The Balaban J connectivity index is 2.48. The lowest BCUT2D eigenvalue weighted by Gasteiger charge is -2.00. The van der Waals surface area contributed by atoms with E-state index < -0.39 is 9.05 Å². The van der Waals surface area contributed by atoms with Gasteiger partial charge in [-0.3, -0.25) is 0 Å². The van der Waals surface area contributed by atoms with Crippen molar-refractivity contribution in [2.75, 3.05) is 0 Å². The zero-order valence-corrected chi connectivity index (χ0v) is 8.98. The van der Waals surface area contributed by atoms with Crippen LogP contribution in [0.1, 0.15) is 11.1 Å². The lowest BCUT2D eigenvalue weighted by Crippen LogP contribution is -2.18. The molecule has 0 aromatic heterocycles. The molecule has 1 aromatic carbocycles. The van der Waals surface area contributed by atoms with Crippen molar-refractivity contribution in [1.29, 1.82) is 0 Å². The van der Waals surface area contributed by atoms with Crippen LogP contribution in [0.2, 0.25) is 0 Å². The Morgan fingerprint density at radius 1 is 1.29 bits per heavy atom. The molecule has 76 valence electrons. The fourth-order valence-electron chi connectivity index (χ4n) is 1.78. The molecule has 0 radical (unpaired) electrons. The molecule has 0 bridgehead atoms. The van der Waals surface area contributed by atoms with E-state index in [1.165, 1.54) is 6.07 Å². The first-order valence-electron chi connectivity index (χ1n) is 4.29. The van der Waals surface area contributed by atoms with Gasteiger partial charge in [0, 0.05) is 16.7 Å². The van der Waals surface area contributed by atoms with Crippen molar-refractivity contribution in [1.82, 2.24) is 0 Å². The van der Waals surface area contributed by atoms with Gasteiger partial charge in [0.1, 0.15) is 0 Å². The van der Waals surface area contributed by atoms with Crippen LogP contribution in [0.4, 0.5) is 0 Å². The summed E-state index contributed by atoms with van der Waals surface area (Å²) in [6.45, 7) is 0. The summed E-state index contributed by atoms with van der Waals surface area (Å²) in [6, 6.07) is 5.04. The smallest absolute Gasteiger partial charge is 0.261 e. The first-order chi connectivity index (χ1) is 6.47. The lowest BCUT2D eigenvalue weighted by molar-refractivity contribution is 0.609. The minimum atomic E-state index is -3.61. The predicted molar refractivity (Wildman–Crippen MR) is 54.9 cm³/mol. The molecule has 0 saturated carbocycles. The highest BCUT2D eigenvalue weighted by atomic mass is 35.7. The molecule has 3 nitrogen and oxygen atoms in total. The van der Waals surface area contributed by atoms with E-state index in [0.717, 1.165) is 24.0 Å². The predicted octanol–water partition coefficient (Wildman–Crippen LogP) is 1.04. The van der Waals surface area contributed by atoms with Gasteiger partial charge in [-0.05, 0) is 36.1 Å². The van der Waals surface area contributed by atoms with E-state index in [0.29, 0.717) is 0 Å². The van der Waals surface area contributed by atoms with Crippen LogP contribution >= 0.6 is 10.7 Å². The Labute approximate surface area is 87.3 Å². The van der Waals surface area contributed by atoms with Gasteiger partial charge in [0.15, 0.2) is 0 Å². The maximum absolute atomic E-state index is 11.0. The van der Waals surface area contributed by atoms with Crippen molar-refractivity contribution in [3.63, 3.8) is 0 Å². The van der Waals surface area contributed by atoms with Crippen molar-refractivity contribution in [3.05, 3.63) is 29.3 Å². The summed E-state index contributed by atoms with van der Waals surface area (Å²) in [5.74, 6) is 0. The summed E-state index contributed by atoms with van der Waals surface area (Å²) >= 11 is 0. The summed E-state index contributed by atoms with van der Waals surface area (Å²) in [6.07, 6.45) is 1.55. The second-order valence-electron chi connectivity index (χ2n) is 3.54. The molecule has 0 aliphatic heterocycles. The Bertz CT molecular complexity index is 470. The van der Waals surface area contributed by atoms with Gasteiger partial charge in [-0.2, -0.15) is 0 Å². The van der Waals surface area contributed by atoms with Crippen LogP contribution in [-0.4, -0.2) is 14.5 Å². The monoisotopic (exact) mass is 231 g/mol. The van der Waals surface area contributed by atoms with Crippen LogP contribution in [0, 0.1) is 0 Å². The van der Waals surface area contributed by atoms with E-state index in [9.17, 15) is 8.42 Å². The van der Waals surface area contributed by atoms with Crippen LogP contribution < -0.4 is 5.73 Å². The van der Waals surface area contributed by atoms with Crippen molar-refractivity contribution in [2.24, 2.45) is 5.73 Å². The van der Waals surface area contributed by atoms with Crippen LogP contribution in [0.25, 0.3) is 0 Å². The Morgan fingerprint density at radius 2 is 1.93 bits per heavy atom. The molecule has 0 amide bonds. The van der Waals surface area contributed by atoms with Gasteiger partial charge in [0.2, 0.25) is 0 Å². The number of halogens is 1. The van der Waals surface area contributed by atoms with E-state index in [-0.39, 0.29) is 10.9 Å². The van der Waals surface area contributed by atoms with Crippen LogP contribution in [0.5, 0.6) is 0 Å². The highest BCUT2D eigenvalue weighted by Gasteiger charge is 2.20. The molecule has 1 atom stereocenters. The molecule has 0 heterocycles. The molecule has 2 rings (SSSR count). The molecular weight excluding hydrogens is 222 g/mol. The fraction of sp³-hybridized carbons (Fsp3) is 0.333. The molecule has 1 aromatic rings. The van der Waals surface area contributed by atoms with E-state index >= 15 is 0 Å². The van der Waals surface area contributed by atoms with Crippen molar-refractivity contribution < 1.29 is 8.42 Å². The highest BCUT2D eigenvalue weighted by Crippen LogP contribution is 2.25. The number of fused-ring (bicyclic) bond motifs is 1. The van der Waals surface area contributed by atoms with Crippen molar-refractivity contribution in [3.8, 4) is 0 Å². The average Bonchev–Trinajstić information content (AvgIpc) is 2.41. The quantitative estimate of drug-likeness (QED) is 0.735. The van der Waals surface area contributed by atoms with Gasteiger partial charge in [-0.15, -0.1) is 0 Å². The SMILES string of the molecule is NC1Cc2ccc(S(=O)(=O)Cl)cc2C1. The van der Waals surface area contributed by atoms with E-state index in [1.54, 1.807) is 12.1 Å². The number of rotatable bonds is 1. The number of nitrogens with two attached hydrogens (primary N) is 1. The van der Waals surface area contributed by atoms with Gasteiger partial charge in [0.05, 0.1) is 4.90 Å². The minimum absolute atomic E-state index is 0.110. The van der Waals surface area contributed by atoms with E-state index in [1.807, 2.05) is 0 Å². The summed E-state index contributed by atoms with van der Waals surface area (Å²) in [5, 5.41) is 0. The highest BCUT2D eigenvalue weighted by molar-refractivity contribution is 8.13. The molecule has 1 aliphatic carbocycles. The fourth-order valence-corrected chi connectivity index (χ4v) is 2.58. The lowest BCUT2D eigenvalue weighted by atomic mass is 10.1. The van der Waals surface area contributed by atoms with Crippen LogP contribution in [0.15, 0.2) is 23.1 Å². The molecule has 0 fully saturated rings. The third kappa shape index (κ3) is 1.78. The van der Waals surface area contributed by atoms with Gasteiger partial charge in [-0.25, -0.2) is 8.42 Å². The zero-order chi connectivity index (χ0) is 10.3. The van der Waals surface area contributed by atoms with Gasteiger partial charge in [0.25, 0.3) is 9.05 Å². The average molecular weight is 232 g/mol. The van der Waals surface area contributed by atoms with E-state index in [4.69, 9.17) is 16.4 Å². The van der Waals surface area contributed by atoms with Gasteiger partial charge in [-0.1, -0.05) is 6.07 Å². The first kappa shape index (κ1) is 9.96. The number of hydrogen-bond donors (Lipinski definition) is 1. The second kappa shape index (κ2) is 3.22. The van der Waals surface area contributed by atoms with Crippen molar-refractivity contribution >= 4 is 19.7 Å². The molecule has 2 N–H and O–H groups in total. The third-order valence-corrected chi connectivity index (χ3v) is 3.78. The molecular formula is C9H10ClNO2S. The van der Waals surface area contributed by atoms with Gasteiger partial charge >= 0.3 is 0 Å². The molecule has 1 unspecified atom stereocenters. The zero-order valence-electron chi connectivity index (χ0n) is 7.40. The van der Waals surface area contributed by atoms with Gasteiger partial charge < -0.3 is 5.73 Å². The standard InChI is InChI=1S/C9H10ClNO2S/c10-14(12,13)9-2-1-6-3-8(11)4-7(6)5-9/h1-2,5,8H,3-4,11H2. The molecule has 1 aliphatic rings. The maximum Gasteiger partial charge on any atom is 0.261 e. The van der Waals surface area contributed by atoms with E-state index in [2.05, 4.69) is 0 Å². The van der Waals surface area contributed by atoms with Crippen molar-refractivity contribution in [2.45, 2.75) is 23.8 Å². The third-order valence-electron chi connectivity index (χ3n) is 2.42. The largest absolute Gasteiger partial charge is 0.327 e. The number of benzene rings is 1. The van der Waals surface area contributed by atoms with Crippen LogP contribution in [0.3, 0.4) is 0 Å². The Morgan fingerprint density at radius 3 is 2.57 bits per heavy atom. The molecule has 0 spiro atoms. The topological polar surface area (TPSA) is 60.2 Å².